The first-order valence-electron chi connectivity index (χ1n) is 6.45. The summed E-state index contributed by atoms with van der Waals surface area (Å²) in [5, 5.41) is 6.15. The third-order valence-corrected chi connectivity index (χ3v) is 3.32. The standard InChI is InChI=1S/C14H20N2O3.ClH/c1-18-11-3-4-13(19-2)12(8-11)16-14(17)7-10-5-6-15-9-10;/h3-4,8,10,15H,5-7,9H2,1-2H3,(H,16,17);1H. The van der Waals surface area contributed by atoms with E-state index < -0.39 is 0 Å². The lowest BCUT2D eigenvalue weighted by Gasteiger charge is -2.13. The van der Waals surface area contributed by atoms with Crippen molar-refractivity contribution in [1.82, 2.24) is 5.32 Å². The van der Waals surface area contributed by atoms with Crippen molar-refractivity contribution in [1.29, 1.82) is 0 Å². The van der Waals surface area contributed by atoms with Crippen molar-refractivity contribution in [2.75, 3.05) is 32.6 Å². The zero-order valence-electron chi connectivity index (χ0n) is 11.8. The number of nitrogens with one attached hydrogen (secondary N) is 2. The van der Waals surface area contributed by atoms with Crippen LogP contribution in [0.2, 0.25) is 0 Å². The van der Waals surface area contributed by atoms with E-state index in [1.807, 2.05) is 0 Å². The Bertz CT molecular complexity index is 448. The summed E-state index contributed by atoms with van der Waals surface area (Å²) in [4.78, 5) is 12.0. The summed E-state index contributed by atoms with van der Waals surface area (Å²) < 4.78 is 10.4. The van der Waals surface area contributed by atoms with Crippen LogP contribution in [0.4, 0.5) is 5.69 Å². The lowest BCUT2D eigenvalue weighted by molar-refractivity contribution is -0.117. The van der Waals surface area contributed by atoms with Crippen molar-refractivity contribution in [3.63, 3.8) is 0 Å². The summed E-state index contributed by atoms with van der Waals surface area (Å²) in [6.45, 7) is 1.92. The maximum atomic E-state index is 12.0. The van der Waals surface area contributed by atoms with Crippen LogP contribution in [0.15, 0.2) is 18.2 Å². The van der Waals surface area contributed by atoms with E-state index in [0.29, 0.717) is 29.5 Å². The van der Waals surface area contributed by atoms with Crippen LogP contribution in [-0.4, -0.2) is 33.2 Å². The molecule has 1 fully saturated rings. The molecule has 20 heavy (non-hydrogen) atoms. The van der Waals surface area contributed by atoms with Gasteiger partial charge in [0.2, 0.25) is 5.91 Å². The molecule has 1 aliphatic rings. The first-order valence-corrected chi connectivity index (χ1v) is 6.45. The average molecular weight is 301 g/mol. The summed E-state index contributed by atoms with van der Waals surface area (Å²) in [6, 6.07) is 5.35. The van der Waals surface area contributed by atoms with Crippen LogP contribution in [0.5, 0.6) is 11.5 Å². The topological polar surface area (TPSA) is 59.6 Å². The fraction of sp³-hybridized carbons (Fsp3) is 0.500. The zero-order chi connectivity index (χ0) is 13.7. The van der Waals surface area contributed by atoms with Crippen molar-refractivity contribution >= 4 is 24.0 Å². The summed E-state index contributed by atoms with van der Waals surface area (Å²) in [5.74, 6) is 1.77. The van der Waals surface area contributed by atoms with Gasteiger partial charge in [0.1, 0.15) is 11.5 Å². The highest BCUT2D eigenvalue weighted by molar-refractivity contribution is 5.92. The normalized spacial score (nSPS) is 17.2. The monoisotopic (exact) mass is 300 g/mol. The molecule has 2 N–H and O–H groups in total. The maximum absolute atomic E-state index is 12.0. The molecule has 0 aliphatic carbocycles. The van der Waals surface area contributed by atoms with Crippen molar-refractivity contribution in [3.8, 4) is 11.5 Å². The maximum Gasteiger partial charge on any atom is 0.224 e. The van der Waals surface area contributed by atoms with E-state index in [1.54, 1.807) is 32.4 Å². The third-order valence-electron chi connectivity index (χ3n) is 3.32. The van der Waals surface area contributed by atoms with E-state index in [2.05, 4.69) is 10.6 Å². The molecule has 112 valence electrons. The van der Waals surface area contributed by atoms with Gasteiger partial charge in [-0.2, -0.15) is 0 Å². The molecule has 1 aliphatic heterocycles. The van der Waals surface area contributed by atoms with Gasteiger partial charge in [-0.3, -0.25) is 4.79 Å². The number of anilines is 1. The molecule has 0 aromatic heterocycles. The van der Waals surface area contributed by atoms with Gasteiger partial charge in [-0.25, -0.2) is 0 Å². The molecule has 1 saturated heterocycles. The highest BCUT2D eigenvalue weighted by Crippen LogP contribution is 2.29. The molecule has 1 atom stereocenters. The van der Waals surface area contributed by atoms with Gasteiger partial charge in [-0.1, -0.05) is 0 Å². The summed E-state index contributed by atoms with van der Waals surface area (Å²) in [7, 11) is 3.18. The zero-order valence-corrected chi connectivity index (χ0v) is 12.6. The Hall–Kier alpha value is -1.46. The molecule has 6 heteroatoms. The van der Waals surface area contributed by atoms with Crippen LogP contribution in [-0.2, 0) is 4.79 Å². The molecule has 1 unspecified atom stereocenters. The second-order valence-electron chi connectivity index (χ2n) is 4.68. The molecule has 0 bridgehead atoms. The van der Waals surface area contributed by atoms with Crippen LogP contribution in [0.25, 0.3) is 0 Å². The fourth-order valence-electron chi connectivity index (χ4n) is 2.26. The van der Waals surface area contributed by atoms with E-state index >= 15 is 0 Å². The quantitative estimate of drug-likeness (QED) is 0.874. The van der Waals surface area contributed by atoms with Crippen molar-refractivity contribution in [3.05, 3.63) is 18.2 Å². The Morgan fingerprint density at radius 1 is 1.40 bits per heavy atom. The van der Waals surface area contributed by atoms with Gasteiger partial charge in [-0.05, 0) is 37.6 Å². The molecule has 5 nitrogen and oxygen atoms in total. The first kappa shape index (κ1) is 16.6. The van der Waals surface area contributed by atoms with Crippen molar-refractivity contribution in [2.24, 2.45) is 5.92 Å². The van der Waals surface area contributed by atoms with Crippen LogP contribution >= 0.6 is 12.4 Å². The molecule has 1 amide bonds. The number of carbonyl (C=O) groups excluding carboxylic acids is 1. The lowest BCUT2D eigenvalue weighted by Crippen LogP contribution is -2.18. The summed E-state index contributed by atoms with van der Waals surface area (Å²) in [5.41, 5.74) is 0.651. The highest BCUT2D eigenvalue weighted by atomic mass is 35.5. The molecule has 0 radical (unpaired) electrons. The SMILES string of the molecule is COc1ccc(OC)c(NC(=O)CC2CCNC2)c1.Cl. The minimum atomic E-state index is 0. The fourth-order valence-corrected chi connectivity index (χ4v) is 2.26. The van der Waals surface area contributed by atoms with Gasteiger partial charge < -0.3 is 20.1 Å². The second kappa shape index (κ2) is 7.97. The largest absolute Gasteiger partial charge is 0.497 e. The predicted octanol–water partition coefficient (Wildman–Crippen LogP) is 2.06. The summed E-state index contributed by atoms with van der Waals surface area (Å²) in [6.07, 6.45) is 1.59. The van der Waals surface area contributed by atoms with Crippen LogP contribution in [0, 0.1) is 5.92 Å². The van der Waals surface area contributed by atoms with E-state index in [0.717, 1.165) is 19.5 Å². The molecule has 0 saturated carbocycles. The highest BCUT2D eigenvalue weighted by Gasteiger charge is 2.18. The second-order valence-corrected chi connectivity index (χ2v) is 4.68. The smallest absolute Gasteiger partial charge is 0.224 e. The minimum Gasteiger partial charge on any atom is -0.497 e. The Balaban J connectivity index is 0.00000200. The molecule has 0 spiro atoms. The number of hydrogen-bond acceptors (Lipinski definition) is 4. The van der Waals surface area contributed by atoms with E-state index in [9.17, 15) is 4.79 Å². The van der Waals surface area contributed by atoms with Gasteiger partial charge >= 0.3 is 0 Å². The van der Waals surface area contributed by atoms with Gasteiger partial charge in [0.25, 0.3) is 0 Å². The molecule has 1 aromatic carbocycles. The minimum absolute atomic E-state index is 0. The molecule has 2 rings (SSSR count). The number of hydrogen-bond donors (Lipinski definition) is 2. The first-order chi connectivity index (χ1) is 9.22. The van der Waals surface area contributed by atoms with Crippen molar-refractivity contribution < 1.29 is 14.3 Å². The number of benzene rings is 1. The van der Waals surface area contributed by atoms with Gasteiger partial charge in [0, 0.05) is 12.5 Å². The number of amides is 1. The molecule has 1 heterocycles. The van der Waals surface area contributed by atoms with Gasteiger partial charge in [0.05, 0.1) is 19.9 Å². The lowest BCUT2D eigenvalue weighted by atomic mass is 10.0. The third kappa shape index (κ3) is 4.28. The van der Waals surface area contributed by atoms with Crippen molar-refractivity contribution in [2.45, 2.75) is 12.8 Å². The Morgan fingerprint density at radius 2 is 2.20 bits per heavy atom. The number of ether oxygens (including phenoxy) is 2. The van der Waals surface area contributed by atoms with Crippen LogP contribution < -0.4 is 20.1 Å². The summed E-state index contributed by atoms with van der Waals surface area (Å²) >= 11 is 0. The van der Waals surface area contributed by atoms with Crippen LogP contribution in [0.3, 0.4) is 0 Å². The Labute approximate surface area is 125 Å². The van der Waals surface area contributed by atoms with Crippen LogP contribution in [0.1, 0.15) is 12.8 Å². The van der Waals surface area contributed by atoms with Gasteiger partial charge in [0.15, 0.2) is 0 Å². The number of rotatable bonds is 5. The number of carbonyl (C=O) groups is 1. The average Bonchev–Trinajstić information content (AvgIpc) is 2.91. The molecular formula is C14H21ClN2O3. The number of methoxy groups -OCH3 is 2. The Morgan fingerprint density at radius 3 is 2.80 bits per heavy atom. The van der Waals surface area contributed by atoms with E-state index in [1.165, 1.54) is 0 Å². The molecule has 1 aromatic rings. The predicted molar refractivity (Wildman–Crippen MR) is 81.0 cm³/mol. The van der Waals surface area contributed by atoms with Gasteiger partial charge in [-0.15, -0.1) is 12.4 Å². The molecular weight excluding hydrogens is 280 g/mol. The Kier molecular flexibility index (Phi) is 6.61. The van der Waals surface area contributed by atoms with E-state index in [-0.39, 0.29) is 18.3 Å². The van der Waals surface area contributed by atoms with E-state index in [4.69, 9.17) is 9.47 Å². The number of halogens is 1.